The van der Waals surface area contributed by atoms with Crippen molar-refractivity contribution in [2.24, 2.45) is 9.98 Å². The highest BCUT2D eigenvalue weighted by Crippen LogP contribution is 2.36. The zero-order valence-corrected chi connectivity index (χ0v) is 20.3. The molecule has 0 atom stereocenters. The molecule has 0 saturated carbocycles. The molecule has 0 unspecified atom stereocenters. The van der Waals surface area contributed by atoms with Crippen molar-refractivity contribution >= 4 is 23.5 Å². The molecule has 4 rings (SSSR count). The molecule has 4 aromatic carbocycles. The van der Waals surface area contributed by atoms with Gasteiger partial charge in [-0.1, -0.05) is 86.6 Å². The van der Waals surface area contributed by atoms with E-state index >= 15 is 0 Å². The van der Waals surface area contributed by atoms with Crippen LogP contribution in [0.4, 0.5) is 11.4 Å². The highest BCUT2D eigenvalue weighted by Gasteiger charge is 2.23. The molecule has 4 heteroatoms. The van der Waals surface area contributed by atoms with Gasteiger partial charge in [-0.15, -0.1) is 0 Å². The van der Waals surface area contributed by atoms with E-state index in [0.717, 1.165) is 33.4 Å². The Bertz CT molecular complexity index is 1360. The van der Waals surface area contributed by atoms with Crippen LogP contribution in [0.5, 0.6) is 0 Å². The summed E-state index contributed by atoms with van der Waals surface area (Å²) >= 11 is 0. The van der Waals surface area contributed by atoms with Crippen molar-refractivity contribution in [2.45, 2.75) is 33.1 Å². The Labute approximate surface area is 205 Å². The van der Waals surface area contributed by atoms with Crippen LogP contribution in [0.2, 0.25) is 0 Å². The molecule has 172 valence electrons. The molecular formula is C31H26N2O2. The predicted molar refractivity (Wildman–Crippen MR) is 141 cm³/mol. The Morgan fingerprint density at radius 1 is 0.571 bits per heavy atom. The van der Waals surface area contributed by atoms with Gasteiger partial charge in [-0.05, 0) is 70.5 Å². The lowest BCUT2D eigenvalue weighted by Crippen LogP contribution is -2.18. The summed E-state index contributed by atoms with van der Waals surface area (Å²) < 4.78 is 0. The smallest absolute Gasteiger partial charge is 0.211 e. The first-order valence-corrected chi connectivity index (χ1v) is 11.4. The maximum absolute atomic E-state index is 10.7. The van der Waals surface area contributed by atoms with Gasteiger partial charge in [0.1, 0.15) is 0 Å². The summed E-state index contributed by atoms with van der Waals surface area (Å²) in [5, 5.41) is 0. The minimum atomic E-state index is -0.200. The van der Waals surface area contributed by atoms with Crippen molar-refractivity contribution in [3.63, 3.8) is 0 Å². The summed E-state index contributed by atoms with van der Waals surface area (Å²) in [4.78, 5) is 29.0. The van der Waals surface area contributed by atoms with Crippen LogP contribution in [0.3, 0.4) is 0 Å². The summed E-state index contributed by atoms with van der Waals surface area (Å²) in [6.45, 7) is 8.36. The number of isocyanates is 2. The average molecular weight is 459 g/mol. The van der Waals surface area contributed by atoms with E-state index < -0.39 is 0 Å². The van der Waals surface area contributed by atoms with Crippen molar-refractivity contribution in [3.8, 4) is 22.3 Å². The van der Waals surface area contributed by atoms with Gasteiger partial charge in [-0.2, -0.15) is 9.98 Å². The van der Waals surface area contributed by atoms with E-state index in [1.54, 1.807) is 12.2 Å². The lowest BCUT2D eigenvalue weighted by Gasteiger charge is -2.27. The molecule has 0 fully saturated rings. The number of hydrogen-bond donors (Lipinski definition) is 0. The molecule has 0 N–H and O–H groups in total. The SMILES string of the molecule is Cc1c(N=C=O)cccc1-c1ccc(C(C)(C)c2ccc(-c3cccc(N=C=O)c3C)cc2)cc1. The van der Waals surface area contributed by atoms with E-state index in [1.807, 2.05) is 50.2 Å². The minimum Gasteiger partial charge on any atom is -0.211 e. The quantitative estimate of drug-likeness (QED) is 0.218. The highest BCUT2D eigenvalue weighted by molar-refractivity contribution is 5.75. The van der Waals surface area contributed by atoms with Crippen LogP contribution in [0.25, 0.3) is 22.3 Å². The Morgan fingerprint density at radius 2 is 0.943 bits per heavy atom. The van der Waals surface area contributed by atoms with Gasteiger partial charge in [0, 0.05) is 5.41 Å². The number of carbonyl (C=O) groups excluding carboxylic acids is 2. The van der Waals surface area contributed by atoms with E-state index in [-0.39, 0.29) is 5.41 Å². The zero-order valence-electron chi connectivity index (χ0n) is 20.3. The molecule has 0 bridgehead atoms. The van der Waals surface area contributed by atoms with E-state index in [2.05, 4.69) is 72.4 Å². The standard InChI is InChI=1S/C31H26N2O2/c1-21-27(7-5-9-29(21)32-19-34)23-11-15-25(16-12-23)31(3,4)26-17-13-24(14-18-26)28-8-6-10-30(22(28)2)33-20-35/h5-18H,1-4H3. The highest BCUT2D eigenvalue weighted by atomic mass is 16.1. The maximum atomic E-state index is 10.7. The fourth-order valence-electron chi connectivity index (χ4n) is 4.51. The summed E-state index contributed by atoms with van der Waals surface area (Å²) in [6, 6.07) is 28.6. The summed E-state index contributed by atoms with van der Waals surface area (Å²) in [7, 11) is 0. The third-order valence-electron chi connectivity index (χ3n) is 6.78. The molecule has 0 amide bonds. The number of aliphatic imine (C=N–C) groups is 2. The van der Waals surface area contributed by atoms with E-state index in [1.165, 1.54) is 11.1 Å². The first-order chi connectivity index (χ1) is 16.9. The van der Waals surface area contributed by atoms with Gasteiger partial charge in [0.05, 0.1) is 11.4 Å². The Morgan fingerprint density at radius 3 is 1.29 bits per heavy atom. The molecule has 4 nitrogen and oxygen atoms in total. The van der Waals surface area contributed by atoms with Crippen molar-refractivity contribution in [1.82, 2.24) is 0 Å². The average Bonchev–Trinajstić information content (AvgIpc) is 2.87. The zero-order chi connectivity index (χ0) is 25.0. The molecule has 0 aliphatic heterocycles. The molecule has 0 aromatic heterocycles. The monoisotopic (exact) mass is 458 g/mol. The lowest BCUT2D eigenvalue weighted by atomic mass is 9.77. The number of rotatable bonds is 6. The molecule has 0 heterocycles. The lowest BCUT2D eigenvalue weighted by molar-refractivity contribution is 0.564. The molecule has 0 spiro atoms. The molecule has 0 aliphatic carbocycles. The van der Waals surface area contributed by atoms with Crippen LogP contribution in [0.1, 0.15) is 36.1 Å². The van der Waals surface area contributed by atoms with Crippen molar-refractivity contribution < 1.29 is 9.59 Å². The molecular weight excluding hydrogens is 432 g/mol. The fraction of sp³-hybridized carbons (Fsp3) is 0.161. The minimum absolute atomic E-state index is 0.200. The van der Waals surface area contributed by atoms with Gasteiger partial charge in [-0.3, -0.25) is 0 Å². The Balaban J connectivity index is 1.63. The number of hydrogen-bond acceptors (Lipinski definition) is 4. The molecule has 0 saturated heterocycles. The third kappa shape index (κ3) is 4.67. The van der Waals surface area contributed by atoms with Crippen LogP contribution < -0.4 is 0 Å². The van der Waals surface area contributed by atoms with E-state index in [0.29, 0.717) is 11.4 Å². The first kappa shape index (κ1) is 23.8. The largest absolute Gasteiger partial charge is 0.240 e. The predicted octanol–water partition coefficient (Wildman–Crippen LogP) is 7.90. The number of nitrogens with zero attached hydrogens (tertiary/aromatic N) is 2. The Kier molecular flexibility index (Phi) is 6.71. The number of benzene rings is 4. The van der Waals surface area contributed by atoms with E-state index in [4.69, 9.17) is 0 Å². The van der Waals surface area contributed by atoms with Crippen LogP contribution >= 0.6 is 0 Å². The Hall–Kier alpha value is -4.36. The molecule has 0 radical (unpaired) electrons. The second-order valence-electron chi connectivity index (χ2n) is 9.09. The molecule has 35 heavy (non-hydrogen) atoms. The van der Waals surface area contributed by atoms with Gasteiger partial charge in [0.2, 0.25) is 12.2 Å². The van der Waals surface area contributed by atoms with Crippen LogP contribution in [-0.2, 0) is 15.0 Å². The third-order valence-corrected chi connectivity index (χ3v) is 6.78. The van der Waals surface area contributed by atoms with Gasteiger partial charge in [0.25, 0.3) is 0 Å². The summed E-state index contributed by atoms with van der Waals surface area (Å²) in [6.07, 6.45) is 3.26. The second kappa shape index (κ2) is 9.87. The van der Waals surface area contributed by atoms with Crippen LogP contribution in [0, 0.1) is 13.8 Å². The van der Waals surface area contributed by atoms with Gasteiger partial charge < -0.3 is 0 Å². The van der Waals surface area contributed by atoms with Crippen molar-refractivity contribution in [2.75, 3.05) is 0 Å². The molecule has 0 aliphatic rings. The van der Waals surface area contributed by atoms with Gasteiger partial charge in [0.15, 0.2) is 0 Å². The van der Waals surface area contributed by atoms with Crippen molar-refractivity contribution in [3.05, 3.63) is 107 Å². The fourth-order valence-corrected chi connectivity index (χ4v) is 4.51. The first-order valence-electron chi connectivity index (χ1n) is 11.4. The normalized spacial score (nSPS) is 10.9. The summed E-state index contributed by atoms with van der Waals surface area (Å²) in [5.74, 6) is 0. The van der Waals surface area contributed by atoms with Crippen molar-refractivity contribution in [1.29, 1.82) is 0 Å². The van der Waals surface area contributed by atoms with E-state index in [9.17, 15) is 9.59 Å². The molecule has 4 aromatic rings. The summed E-state index contributed by atoms with van der Waals surface area (Å²) in [5.41, 5.74) is 9.64. The van der Waals surface area contributed by atoms with Gasteiger partial charge >= 0.3 is 0 Å². The van der Waals surface area contributed by atoms with Crippen LogP contribution in [0.15, 0.2) is 94.9 Å². The maximum Gasteiger partial charge on any atom is 0.240 e. The van der Waals surface area contributed by atoms with Gasteiger partial charge in [-0.25, -0.2) is 9.59 Å². The second-order valence-corrected chi connectivity index (χ2v) is 9.09. The topological polar surface area (TPSA) is 58.9 Å². The van der Waals surface area contributed by atoms with Crippen LogP contribution in [-0.4, -0.2) is 12.2 Å².